The topological polar surface area (TPSA) is 217 Å². The lowest BCUT2D eigenvalue weighted by atomic mass is 9.83. The quantitative estimate of drug-likeness (QED) is 0.0659. The molecule has 0 radical (unpaired) electrons. The number of fused-ring (bicyclic) bond motifs is 2. The van der Waals surface area contributed by atoms with E-state index in [4.69, 9.17) is 31.2 Å². The normalized spacial score (nSPS) is 23.1. The van der Waals surface area contributed by atoms with Gasteiger partial charge in [-0.05, 0) is 126 Å². The van der Waals surface area contributed by atoms with Crippen molar-refractivity contribution in [2.45, 2.75) is 179 Å². The first kappa shape index (κ1) is 67.1. The molecule has 4 aliphatic heterocycles. The van der Waals surface area contributed by atoms with Gasteiger partial charge in [0, 0.05) is 14.1 Å². The lowest BCUT2D eigenvalue weighted by Gasteiger charge is -2.36. The monoisotopic (exact) mass is 1210 g/mol. The van der Waals surface area contributed by atoms with Crippen molar-refractivity contribution in [2.75, 3.05) is 52.0 Å². The van der Waals surface area contributed by atoms with Crippen LogP contribution in [0, 0.1) is 34.5 Å². The van der Waals surface area contributed by atoms with Crippen molar-refractivity contribution in [3.8, 4) is 23.7 Å². The molecule has 4 N–H and O–H groups in total. The summed E-state index contributed by atoms with van der Waals surface area (Å²) in [5.41, 5.74) is -1.03. The van der Waals surface area contributed by atoms with Crippen LogP contribution in [0.25, 0.3) is 0 Å². The molecule has 7 amide bonds. The number of nitrogens with one attached hydrogen (secondary N) is 4. The van der Waals surface area contributed by atoms with E-state index in [9.17, 15) is 33.6 Å². The molecule has 2 aromatic rings. The Morgan fingerprint density at radius 3 is 1.42 bits per heavy atom. The highest BCUT2D eigenvalue weighted by Gasteiger charge is 2.56. The maximum atomic E-state index is 14.6. The molecule has 0 bridgehead atoms. The van der Waals surface area contributed by atoms with E-state index in [1.807, 2.05) is 88.4 Å². The molecule has 22 heteroatoms. The number of hydrogen-bond donors (Lipinski definition) is 4. The maximum Gasteiger partial charge on any atom is 0.410 e. The maximum absolute atomic E-state index is 14.6. The van der Waals surface area contributed by atoms with Gasteiger partial charge in [-0.2, -0.15) is 0 Å². The number of thioether (sulfide) groups is 2. The largest absolute Gasteiger partial charge is 0.444 e. The zero-order valence-electron chi connectivity index (χ0n) is 51.1. The number of hydrogen-bond acceptors (Lipinski definition) is 14. The minimum absolute atomic E-state index is 0.00245. The molecule has 4 fully saturated rings. The number of carbonyl (C=O) groups is 7. The minimum atomic E-state index is -0.929. The molecule has 84 heavy (non-hydrogen) atoms. The summed E-state index contributed by atoms with van der Waals surface area (Å²) in [6, 6.07) is 12.9. The lowest BCUT2D eigenvalue weighted by Crippen LogP contribution is -2.58. The number of amides is 7. The summed E-state index contributed by atoms with van der Waals surface area (Å²) in [6.07, 6.45) is 0.822. The van der Waals surface area contributed by atoms with Gasteiger partial charge in [0.15, 0.2) is 0 Å². The van der Waals surface area contributed by atoms with Crippen LogP contribution in [0.2, 0.25) is 0 Å². The molecular formula is C62H86N8O11S3. The van der Waals surface area contributed by atoms with Gasteiger partial charge in [0.2, 0.25) is 29.5 Å². The number of benzene rings is 2. The molecule has 2 aromatic carbocycles. The van der Waals surface area contributed by atoms with Gasteiger partial charge in [0.05, 0.1) is 47.1 Å². The molecule has 4 aliphatic rings. The average molecular weight is 1220 g/mol. The number of carbonyl (C=O) groups excluding carboxylic acids is 7. The highest BCUT2D eigenvalue weighted by Crippen LogP contribution is 2.48. The number of nitrogens with zero attached hydrogens (tertiary/aromatic N) is 4. The second-order valence-electron chi connectivity index (χ2n) is 25.1. The van der Waals surface area contributed by atoms with E-state index in [0.29, 0.717) is 42.2 Å². The fraction of sp³-hybridized carbons (Fsp3) is 0.613. The Bertz CT molecular complexity index is 2630. The van der Waals surface area contributed by atoms with E-state index >= 15 is 0 Å². The average Bonchev–Trinajstić information content (AvgIpc) is 1.78. The predicted molar refractivity (Wildman–Crippen MR) is 330 cm³/mol. The summed E-state index contributed by atoms with van der Waals surface area (Å²) in [7, 11) is 3.08. The van der Waals surface area contributed by atoms with Crippen LogP contribution < -0.4 is 21.3 Å². The Morgan fingerprint density at radius 1 is 0.643 bits per heavy atom. The number of likely N-dealkylation sites (N-methyl/N-ethyl adjacent to an activating group) is 2. The van der Waals surface area contributed by atoms with Gasteiger partial charge < -0.3 is 54.9 Å². The van der Waals surface area contributed by atoms with Crippen molar-refractivity contribution in [3.05, 3.63) is 71.8 Å². The third-order valence-corrected chi connectivity index (χ3v) is 18.2. The number of rotatable bonds is 18. The molecule has 0 aromatic heterocycles. The summed E-state index contributed by atoms with van der Waals surface area (Å²) < 4.78 is 23.0. The molecular weight excluding hydrogens is 1130 g/mol. The van der Waals surface area contributed by atoms with Crippen molar-refractivity contribution in [3.63, 3.8) is 0 Å². The van der Waals surface area contributed by atoms with Crippen LogP contribution in [-0.4, -0.2) is 177 Å². The SMILES string of the molecule is C[C@@H](C(=O)N[C@H]1CCS[C@H]2CC(C)(C)[C@@H](C(=O)N[C@H](COCC#CC#CCOC[C@@H](NC(=O)[C@H]3N4C(=O)[C@@H](NC(=S)[C@H](C)N(C)C(=O)OC(C)(C)C)CCS[C@H]4CC3(C)C)c3ccccc3)c3ccccc3)N2C1=O)N(C)C(=O)OC(C)(C)C. The van der Waals surface area contributed by atoms with E-state index in [1.165, 1.54) is 16.8 Å². The van der Waals surface area contributed by atoms with Crippen LogP contribution in [0.4, 0.5) is 9.59 Å². The molecule has 0 spiro atoms. The van der Waals surface area contributed by atoms with Gasteiger partial charge in [-0.1, -0.05) is 112 Å². The van der Waals surface area contributed by atoms with Crippen LogP contribution >= 0.6 is 35.7 Å². The van der Waals surface area contributed by atoms with Crippen LogP contribution in [-0.2, 0) is 42.9 Å². The van der Waals surface area contributed by atoms with Crippen molar-refractivity contribution in [1.82, 2.24) is 40.9 Å². The van der Waals surface area contributed by atoms with Gasteiger partial charge in [-0.25, -0.2) is 9.59 Å². The first-order valence-electron chi connectivity index (χ1n) is 28.6. The predicted octanol–water partition coefficient (Wildman–Crippen LogP) is 7.20. The van der Waals surface area contributed by atoms with Crippen LogP contribution in [0.1, 0.15) is 132 Å². The van der Waals surface area contributed by atoms with Crippen LogP contribution in [0.15, 0.2) is 60.7 Å². The summed E-state index contributed by atoms with van der Waals surface area (Å²) in [4.78, 5) is 104. The molecule has 4 heterocycles. The number of ether oxygens (including phenoxy) is 4. The molecule has 0 aliphatic carbocycles. The van der Waals surface area contributed by atoms with Gasteiger partial charge in [0.25, 0.3) is 0 Å². The van der Waals surface area contributed by atoms with Gasteiger partial charge in [0.1, 0.15) is 54.6 Å². The fourth-order valence-corrected chi connectivity index (χ4v) is 14.0. The smallest absolute Gasteiger partial charge is 0.410 e. The lowest BCUT2D eigenvalue weighted by molar-refractivity contribution is -0.144. The molecule has 19 nitrogen and oxygen atoms in total. The third kappa shape index (κ3) is 17.8. The Hall–Kier alpha value is -6.04. The Kier molecular flexibility index (Phi) is 23.1. The Morgan fingerprint density at radius 2 is 1.02 bits per heavy atom. The van der Waals surface area contributed by atoms with Gasteiger partial charge in [-0.3, -0.25) is 28.9 Å². The summed E-state index contributed by atoms with van der Waals surface area (Å²) in [5.74, 6) is 10.9. The first-order chi connectivity index (χ1) is 39.4. The third-order valence-electron chi connectivity index (χ3n) is 15.2. The van der Waals surface area contributed by atoms with E-state index in [0.717, 1.165) is 11.1 Å². The highest BCUT2D eigenvalue weighted by atomic mass is 32.2. The Labute approximate surface area is 510 Å². The van der Waals surface area contributed by atoms with Gasteiger partial charge >= 0.3 is 12.2 Å². The standard InChI is InChI=1S/C62H86N8O11S3/c1-39(67(13)57(76)80-59(3,4)5)51(71)63-43-29-33-83-47-35-61(9,10)49(69(47)55(43)74)52(72)64-45(41-25-19-17-20-26-41)37-78-31-23-15-16-24-32-79-38-46(42-27-21-18-22-28-42)65-53(73)50-62(11,12)36-48-70(50)56(75)44(30-34-84-48)66-54(82)40(2)68(14)58(77)81-60(6,7)8/h17-22,25-28,39-40,43-50H,29-38H2,1-14H3,(H,63,71)(H,64,72)(H,65,73)(H,66,82)/t39-,40-,43-,44-,45+,46+,47-,48-,49+,50+/m0/s1. The van der Waals surface area contributed by atoms with E-state index in [-0.39, 0.29) is 60.8 Å². The first-order valence-corrected chi connectivity index (χ1v) is 31.1. The highest BCUT2D eigenvalue weighted by molar-refractivity contribution is 8.00. The number of thiocarbonyl (C=S) groups is 1. The summed E-state index contributed by atoms with van der Waals surface area (Å²) in [5, 5.41) is 12.0. The molecule has 10 atom stereocenters. The fourth-order valence-electron chi connectivity index (χ4n) is 10.6. The summed E-state index contributed by atoms with van der Waals surface area (Å²) >= 11 is 8.98. The molecule has 458 valence electrons. The van der Waals surface area contributed by atoms with E-state index < -0.39 is 88.5 Å². The van der Waals surface area contributed by atoms with Crippen LogP contribution in [0.5, 0.6) is 0 Å². The minimum Gasteiger partial charge on any atom is -0.444 e. The van der Waals surface area contributed by atoms with Crippen molar-refractivity contribution >= 4 is 82.5 Å². The molecule has 6 rings (SSSR count). The van der Waals surface area contributed by atoms with Crippen LogP contribution in [0.3, 0.4) is 0 Å². The second-order valence-corrected chi connectivity index (χ2v) is 28.2. The van der Waals surface area contributed by atoms with Gasteiger partial charge in [-0.15, -0.1) is 23.5 Å². The zero-order chi connectivity index (χ0) is 61.9. The molecule has 4 saturated heterocycles. The molecule has 0 unspecified atom stereocenters. The van der Waals surface area contributed by atoms with Crippen molar-refractivity contribution in [2.24, 2.45) is 10.8 Å². The van der Waals surface area contributed by atoms with Crippen molar-refractivity contribution < 1.29 is 52.5 Å². The van der Waals surface area contributed by atoms with E-state index in [2.05, 4.69) is 44.9 Å². The van der Waals surface area contributed by atoms with Crippen molar-refractivity contribution in [1.29, 1.82) is 0 Å². The summed E-state index contributed by atoms with van der Waals surface area (Å²) in [6.45, 7) is 22.1. The molecule has 0 saturated carbocycles. The van der Waals surface area contributed by atoms with E-state index in [1.54, 1.807) is 95.8 Å². The Balaban J connectivity index is 1.04. The second kappa shape index (κ2) is 28.9. The zero-order valence-corrected chi connectivity index (χ0v) is 53.6.